The Kier molecular flexibility index (Phi) is 2.78. The van der Waals surface area contributed by atoms with Crippen LogP contribution in [0, 0.1) is 0 Å². The van der Waals surface area contributed by atoms with Crippen LogP contribution in [0.2, 0.25) is 0 Å². The van der Waals surface area contributed by atoms with Gasteiger partial charge in [0.05, 0.1) is 12.5 Å². The molecule has 0 aromatic rings. The number of nitrogens with zero attached hydrogens (tertiary/aromatic N) is 1. The van der Waals surface area contributed by atoms with Crippen LogP contribution in [0.3, 0.4) is 0 Å². The Morgan fingerprint density at radius 2 is 2.00 bits per heavy atom. The number of hydrogen-bond donors (Lipinski definition) is 1. The maximum atomic E-state index is 11.9. The van der Waals surface area contributed by atoms with Crippen LogP contribution < -0.4 is 5.32 Å². The van der Waals surface area contributed by atoms with Crippen molar-refractivity contribution >= 4 is 11.8 Å². The zero-order valence-corrected chi connectivity index (χ0v) is 9.32. The van der Waals surface area contributed by atoms with Crippen molar-refractivity contribution in [1.29, 1.82) is 0 Å². The molecule has 0 radical (unpaired) electrons. The van der Waals surface area contributed by atoms with Gasteiger partial charge >= 0.3 is 0 Å². The van der Waals surface area contributed by atoms with Crippen LogP contribution in [-0.2, 0) is 9.59 Å². The second-order valence-electron chi connectivity index (χ2n) is 4.75. The molecule has 1 aliphatic heterocycles. The van der Waals surface area contributed by atoms with Gasteiger partial charge in [-0.25, -0.2) is 0 Å². The summed E-state index contributed by atoms with van der Waals surface area (Å²) in [5.41, 5.74) is 0. The van der Waals surface area contributed by atoms with E-state index in [1.54, 1.807) is 0 Å². The zero-order valence-electron chi connectivity index (χ0n) is 9.32. The molecule has 0 bridgehead atoms. The van der Waals surface area contributed by atoms with Gasteiger partial charge in [0.1, 0.15) is 0 Å². The van der Waals surface area contributed by atoms with E-state index < -0.39 is 0 Å². The summed E-state index contributed by atoms with van der Waals surface area (Å²) < 4.78 is 0. The number of rotatable bonds is 3. The number of carbonyl (C=O) groups is 2. The van der Waals surface area contributed by atoms with E-state index >= 15 is 0 Å². The number of hydrogen-bond acceptors (Lipinski definition) is 3. The van der Waals surface area contributed by atoms with Crippen molar-refractivity contribution in [1.82, 2.24) is 10.2 Å². The first kappa shape index (κ1) is 10.6. The molecule has 0 spiro atoms. The maximum Gasteiger partial charge on any atom is 0.247 e. The maximum absolute atomic E-state index is 11.9. The largest absolute Gasteiger partial charge is 0.303 e. The highest BCUT2D eigenvalue weighted by atomic mass is 16.2. The van der Waals surface area contributed by atoms with Crippen molar-refractivity contribution in [2.45, 2.75) is 57.7 Å². The molecular formula is C11H18N2O2. The molecule has 1 saturated carbocycles. The Labute approximate surface area is 90.0 Å². The Bertz CT molecular complexity index is 284. The molecule has 2 amide bonds. The van der Waals surface area contributed by atoms with Gasteiger partial charge in [0.2, 0.25) is 11.8 Å². The van der Waals surface area contributed by atoms with E-state index in [4.69, 9.17) is 0 Å². The van der Waals surface area contributed by atoms with Gasteiger partial charge in [0, 0.05) is 12.1 Å². The van der Waals surface area contributed by atoms with Gasteiger partial charge in [-0.3, -0.25) is 14.5 Å². The highest BCUT2D eigenvalue weighted by molar-refractivity contribution is 6.05. The Hall–Kier alpha value is -0.900. The van der Waals surface area contributed by atoms with Crippen LogP contribution in [0.5, 0.6) is 0 Å². The summed E-state index contributed by atoms with van der Waals surface area (Å²) in [6.07, 6.45) is 3.85. The number of carbonyl (C=O) groups excluding carboxylic acids is 2. The molecule has 2 rings (SSSR count). The monoisotopic (exact) mass is 210 g/mol. The quantitative estimate of drug-likeness (QED) is 0.696. The molecule has 1 saturated heterocycles. The van der Waals surface area contributed by atoms with Gasteiger partial charge in [-0.2, -0.15) is 0 Å². The van der Waals surface area contributed by atoms with Gasteiger partial charge < -0.3 is 5.32 Å². The predicted octanol–water partition coefficient (Wildman–Crippen LogP) is 0.664. The minimum Gasteiger partial charge on any atom is -0.303 e. The third kappa shape index (κ3) is 1.91. The van der Waals surface area contributed by atoms with Crippen molar-refractivity contribution < 1.29 is 9.59 Å². The van der Waals surface area contributed by atoms with E-state index in [-0.39, 0.29) is 23.9 Å². The second kappa shape index (κ2) is 3.93. The minimum absolute atomic E-state index is 0.0156. The van der Waals surface area contributed by atoms with Crippen LogP contribution >= 0.6 is 0 Å². The lowest BCUT2D eigenvalue weighted by Crippen LogP contribution is -2.47. The summed E-state index contributed by atoms with van der Waals surface area (Å²) in [7, 11) is 0. The molecule has 1 heterocycles. The molecule has 0 aromatic carbocycles. The molecular weight excluding hydrogens is 192 g/mol. The van der Waals surface area contributed by atoms with Gasteiger partial charge in [0.25, 0.3) is 0 Å². The van der Waals surface area contributed by atoms with E-state index in [0.29, 0.717) is 12.5 Å². The first-order valence-electron chi connectivity index (χ1n) is 5.71. The molecule has 1 atom stereocenters. The lowest BCUT2D eigenvalue weighted by Gasteiger charge is -2.29. The first-order valence-corrected chi connectivity index (χ1v) is 5.71. The molecule has 2 aliphatic rings. The number of likely N-dealkylation sites (tertiary alicyclic amines) is 1. The van der Waals surface area contributed by atoms with E-state index in [1.807, 2.05) is 13.8 Å². The van der Waals surface area contributed by atoms with Crippen LogP contribution in [0.1, 0.15) is 39.5 Å². The number of nitrogens with one attached hydrogen (secondary N) is 1. The number of amides is 2. The molecule has 1 N–H and O–H groups in total. The van der Waals surface area contributed by atoms with Crippen molar-refractivity contribution in [3.63, 3.8) is 0 Å². The van der Waals surface area contributed by atoms with Gasteiger partial charge in [-0.15, -0.1) is 0 Å². The standard InChI is InChI=1S/C11H18N2O2/c1-7(2)13-10(14)6-9(11(13)15)12-8-4-3-5-8/h7-9,12H,3-6H2,1-2H3. The van der Waals surface area contributed by atoms with E-state index in [2.05, 4.69) is 5.32 Å². The Morgan fingerprint density at radius 3 is 2.40 bits per heavy atom. The summed E-state index contributed by atoms with van der Waals surface area (Å²) in [5, 5.41) is 3.27. The van der Waals surface area contributed by atoms with Gasteiger partial charge in [0.15, 0.2) is 0 Å². The van der Waals surface area contributed by atoms with Crippen molar-refractivity contribution in [3.8, 4) is 0 Å². The molecule has 2 fully saturated rings. The fraction of sp³-hybridized carbons (Fsp3) is 0.818. The average molecular weight is 210 g/mol. The summed E-state index contributed by atoms with van der Waals surface area (Å²) in [4.78, 5) is 24.9. The molecule has 1 unspecified atom stereocenters. The second-order valence-corrected chi connectivity index (χ2v) is 4.75. The highest BCUT2D eigenvalue weighted by Crippen LogP contribution is 2.22. The molecule has 4 nitrogen and oxygen atoms in total. The first-order chi connectivity index (χ1) is 7.09. The fourth-order valence-electron chi connectivity index (χ4n) is 2.18. The molecule has 4 heteroatoms. The Balaban J connectivity index is 1.97. The summed E-state index contributed by atoms with van der Waals surface area (Å²) in [6, 6.07) is 0.183. The van der Waals surface area contributed by atoms with Crippen molar-refractivity contribution in [2.75, 3.05) is 0 Å². The van der Waals surface area contributed by atoms with Crippen LogP contribution in [-0.4, -0.2) is 34.8 Å². The van der Waals surface area contributed by atoms with E-state index in [1.165, 1.54) is 11.3 Å². The lowest BCUT2D eigenvalue weighted by molar-refractivity contribution is -0.140. The average Bonchev–Trinajstić information content (AvgIpc) is 2.34. The van der Waals surface area contributed by atoms with Gasteiger partial charge in [-0.05, 0) is 26.7 Å². The molecule has 0 aromatic heterocycles. The topological polar surface area (TPSA) is 49.4 Å². The smallest absolute Gasteiger partial charge is 0.247 e. The third-order valence-corrected chi connectivity index (χ3v) is 3.24. The minimum atomic E-state index is -0.259. The summed E-state index contributed by atoms with van der Waals surface area (Å²) in [5.74, 6) is -0.0753. The van der Waals surface area contributed by atoms with Crippen LogP contribution in [0.15, 0.2) is 0 Å². The third-order valence-electron chi connectivity index (χ3n) is 3.24. The number of imide groups is 1. The van der Waals surface area contributed by atoms with Crippen LogP contribution in [0.4, 0.5) is 0 Å². The Morgan fingerprint density at radius 1 is 1.33 bits per heavy atom. The summed E-state index contributed by atoms with van der Waals surface area (Å²) >= 11 is 0. The fourth-order valence-corrected chi connectivity index (χ4v) is 2.18. The SMILES string of the molecule is CC(C)N1C(=O)CC(NC2CCC2)C1=O. The lowest BCUT2D eigenvalue weighted by atomic mass is 9.92. The molecule has 84 valence electrons. The zero-order chi connectivity index (χ0) is 11.0. The van der Waals surface area contributed by atoms with Crippen molar-refractivity contribution in [3.05, 3.63) is 0 Å². The highest BCUT2D eigenvalue weighted by Gasteiger charge is 2.41. The van der Waals surface area contributed by atoms with E-state index in [9.17, 15) is 9.59 Å². The molecule has 15 heavy (non-hydrogen) atoms. The predicted molar refractivity (Wildman–Crippen MR) is 56.2 cm³/mol. The molecule has 1 aliphatic carbocycles. The van der Waals surface area contributed by atoms with Crippen LogP contribution in [0.25, 0.3) is 0 Å². The van der Waals surface area contributed by atoms with Gasteiger partial charge in [-0.1, -0.05) is 6.42 Å². The van der Waals surface area contributed by atoms with Crippen molar-refractivity contribution in [2.24, 2.45) is 0 Å². The summed E-state index contributed by atoms with van der Waals surface area (Å²) in [6.45, 7) is 3.75. The van der Waals surface area contributed by atoms with E-state index in [0.717, 1.165) is 12.8 Å². The normalized spacial score (nSPS) is 27.7.